The van der Waals surface area contributed by atoms with E-state index in [2.05, 4.69) is 14.2 Å². The molecular formula is C19H21F6O6. The summed E-state index contributed by atoms with van der Waals surface area (Å²) in [5.74, 6) is -9.41. The van der Waals surface area contributed by atoms with Crippen LogP contribution < -0.4 is 0 Å². The van der Waals surface area contributed by atoms with Crippen molar-refractivity contribution in [2.75, 3.05) is 0 Å². The lowest BCUT2D eigenvalue weighted by Gasteiger charge is -2.34. The second-order valence-electron chi connectivity index (χ2n) is 8.29. The van der Waals surface area contributed by atoms with Gasteiger partial charge in [-0.2, -0.15) is 26.3 Å². The molecule has 0 aliphatic heterocycles. The maximum atomic E-state index is 14.4. The maximum absolute atomic E-state index is 14.4. The zero-order valence-corrected chi connectivity index (χ0v) is 16.3. The predicted octanol–water partition coefficient (Wildman–Crippen LogP) is 4.37. The van der Waals surface area contributed by atoms with Crippen molar-refractivity contribution in [1.29, 1.82) is 0 Å². The highest BCUT2D eigenvalue weighted by molar-refractivity contribution is 5.72. The van der Waals surface area contributed by atoms with E-state index in [1.807, 2.05) is 0 Å². The number of hydrogen-bond donors (Lipinski definition) is 0. The van der Waals surface area contributed by atoms with Crippen LogP contribution in [0.25, 0.3) is 0 Å². The van der Waals surface area contributed by atoms with Gasteiger partial charge in [0.25, 0.3) is 0 Å². The predicted molar refractivity (Wildman–Crippen MR) is 88.4 cm³/mol. The van der Waals surface area contributed by atoms with Crippen molar-refractivity contribution >= 4 is 17.9 Å². The monoisotopic (exact) mass is 459 g/mol. The first-order valence-corrected chi connectivity index (χ1v) is 9.96. The van der Waals surface area contributed by atoms with Gasteiger partial charge in [0.1, 0.15) is 0 Å². The molecule has 3 saturated carbocycles. The summed E-state index contributed by atoms with van der Waals surface area (Å²) in [5.41, 5.74) is 0. The van der Waals surface area contributed by atoms with Gasteiger partial charge in [-0.1, -0.05) is 0 Å². The summed E-state index contributed by atoms with van der Waals surface area (Å²) in [4.78, 5) is 34.8. The molecule has 1 radical (unpaired) electrons. The van der Waals surface area contributed by atoms with Gasteiger partial charge in [-0.05, 0) is 56.3 Å². The van der Waals surface area contributed by atoms with Crippen molar-refractivity contribution in [3.8, 4) is 0 Å². The van der Waals surface area contributed by atoms with E-state index in [9.17, 15) is 40.7 Å². The van der Waals surface area contributed by atoms with Crippen LogP contribution in [0.2, 0.25) is 0 Å². The van der Waals surface area contributed by atoms with Gasteiger partial charge in [0.15, 0.2) is 0 Å². The summed E-state index contributed by atoms with van der Waals surface area (Å²) in [5, 5.41) is 0. The molecule has 3 aliphatic rings. The zero-order valence-electron chi connectivity index (χ0n) is 16.3. The molecule has 3 fully saturated rings. The SMILES string of the molecule is O=C(CC1CC1)OC(F)(F)[C](C(F)(F)OC(=O)CC1CC1)C(F)(F)OC(=O)CC1CC1. The molecule has 3 aliphatic carbocycles. The Labute approximate surface area is 173 Å². The van der Waals surface area contributed by atoms with Crippen LogP contribution in [0.3, 0.4) is 0 Å². The lowest BCUT2D eigenvalue weighted by Crippen LogP contribution is -2.55. The maximum Gasteiger partial charge on any atom is 0.427 e. The molecule has 12 heteroatoms. The standard InChI is InChI=1S/C19H21F6O6/c20-17(21,29-13(26)7-10-1-2-10)16(18(22,23)30-14(27)8-11-3-4-11)19(24,25)31-15(28)9-12-5-6-12/h10-12H,1-9H2. The first-order chi connectivity index (χ1) is 14.3. The van der Waals surface area contributed by atoms with Gasteiger partial charge >= 0.3 is 42.2 Å². The molecule has 0 amide bonds. The average Bonchev–Trinajstić information content (AvgIpc) is 3.37. The molecule has 3 rings (SSSR count). The van der Waals surface area contributed by atoms with Crippen LogP contribution in [0.15, 0.2) is 0 Å². The van der Waals surface area contributed by atoms with Crippen LogP contribution in [0.1, 0.15) is 57.8 Å². The Balaban J connectivity index is 1.78. The number of ether oxygens (including phenoxy) is 3. The minimum Gasteiger partial charge on any atom is -0.400 e. The largest absolute Gasteiger partial charge is 0.427 e. The molecule has 0 atom stereocenters. The third-order valence-corrected chi connectivity index (χ3v) is 5.06. The zero-order chi connectivity index (χ0) is 23.0. The highest BCUT2D eigenvalue weighted by Crippen LogP contribution is 2.51. The molecule has 31 heavy (non-hydrogen) atoms. The summed E-state index contributed by atoms with van der Waals surface area (Å²) < 4.78 is 97.4. The Morgan fingerprint density at radius 1 is 0.548 bits per heavy atom. The van der Waals surface area contributed by atoms with E-state index >= 15 is 0 Å². The number of esters is 3. The van der Waals surface area contributed by atoms with Crippen molar-refractivity contribution in [1.82, 2.24) is 0 Å². The number of halogens is 6. The summed E-state index contributed by atoms with van der Waals surface area (Å²) >= 11 is 0. The van der Waals surface area contributed by atoms with E-state index in [-0.39, 0.29) is 17.8 Å². The van der Waals surface area contributed by atoms with Crippen molar-refractivity contribution < 1.29 is 54.9 Å². The lowest BCUT2D eigenvalue weighted by atomic mass is 10.1. The number of rotatable bonds is 12. The highest BCUT2D eigenvalue weighted by atomic mass is 19.3. The smallest absolute Gasteiger partial charge is 0.400 e. The van der Waals surface area contributed by atoms with E-state index in [4.69, 9.17) is 0 Å². The van der Waals surface area contributed by atoms with Crippen LogP contribution in [0.4, 0.5) is 26.3 Å². The normalized spacial score (nSPS) is 19.8. The van der Waals surface area contributed by atoms with Gasteiger partial charge in [0.2, 0.25) is 0 Å². The van der Waals surface area contributed by atoms with Gasteiger partial charge in [-0.25, -0.2) is 0 Å². The Morgan fingerprint density at radius 2 is 0.774 bits per heavy atom. The Bertz CT molecular complexity index is 620. The summed E-state index contributed by atoms with van der Waals surface area (Å²) in [6.45, 7) is 0. The molecule has 175 valence electrons. The second-order valence-corrected chi connectivity index (χ2v) is 8.29. The fourth-order valence-electron chi connectivity index (χ4n) is 2.89. The molecule has 0 aromatic carbocycles. The van der Waals surface area contributed by atoms with Gasteiger partial charge in [0.05, 0.1) is 0 Å². The van der Waals surface area contributed by atoms with Crippen LogP contribution >= 0.6 is 0 Å². The second kappa shape index (κ2) is 8.50. The van der Waals surface area contributed by atoms with Gasteiger partial charge in [-0.15, -0.1) is 0 Å². The molecule has 0 heterocycles. The third kappa shape index (κ3) is 6.99. The highest BCUT2D eigenvalue weighted by Gasteiger charge is 2.75. The summed E-state index contributed by atoms with van der Waals surface area (Å²) in [6.07, 6.45) is -15.4. The molecule has 0 N–H and O–H groups in total. The number of carbonyl (C=O) groups is 3. The minimum absolute atomic E-state index is 0.305. The summed E-state index contributed by atoms with van der Waals surface area (Å²) in [6, 6.07) is 0. The van der Waals surface area contributed by atoms with E-state index in [0.29, 0.717) is 38.5 Å². The van der Waals surface area contributed by atoms with Gasteiger partial charge in [-0.3, -0.25) is 14.4 Å². The molecule has 0 bridgehead atoms. The third-order valence-electron chi connectivity index (χ3n) is 5.06. The fraction of sp³-hybridized carbons (Fsp3) is 0.789. The topological polar surface area (TPSA) is 78.9 Å². The first-order valence-electron chi connectivity index (χ1n) is 9.96. The van der Waals surface area contributed by atoms with E-state index < -0.39 is 61.4 Å². The van der Waals surface area contributed by atoms with Crippen LogP contribution in [0.5, 0.6) is 0 Å². The van der Waals surface area contributed by atoms with E-state index in [1.54, 1.807) is 0 Å². The Morgan fingerprint density at radius 3 is 0.968 bits per heavy atom. The number of carbonyl (C=O) groups excluding carboxylic acids is 3. The molecule has 0 aromatic rings. The Hall–Kier alpha value is -2.01. The fourth-order valence-corrected chi connectivity index (χ4v) is 2.89. The van der Waals surface area contributed by atoms with Crippen LogP contribution in [0, 0.1) is 23.7 Å². The van der Waals surface area contributed by atoms with Crippen LogP contribution in [-0.4, -0.2) is 36.2 Å². The molecule has 0 spiro atoms. The van der Waals surface area contributed by atoms with E-state index in [0.717, 1.165) is 0 Å². The number of alkyl halides is 6. The van der Waals surface area contributed by atoms with Gasteiger partial charge in [0, 0.05) is 19.3 Å². The molecule has 0 aromatic heterocycles. The Kier molecular flexibility index (Phi) is 6.48. The molecule has 6 nitrogen and oxygen atoms in total. The first kappa shape index (κ1) is 23.6. The molecule has 0 saturated heterocycles. The van der Waals surface area contributed by atoms with Crippen molar-refractivity contribution in [3.05, 3.63) is 5.92 Å². The van der Waals surface area contributed by atoms with Crippen molar-refractivity contribution in [3.63, 3.8) is 0 Å². The van der Waals surface area contributed by atoms with E-state index in [1.165, 1.54) is 0 Å². The number of hydrogen-bond acceptors (Lipinski definition) is 6. The molecular weight excluding hydrogens is 438 g/mol. The van der Waals surface area contributed by atoms with Crippen molar-refractivity contribution in [2.24, 2.45) is 17.8 Å². The van der Waals surface area contributed by atoms with Crippen molar-refractivity contribution in [2.45, 2.75) is 76.1 Å². The van der Waals surface area contributed by atoms with Crippen LogP contribution in [-0.2, 0) is 28.6 Å². The lowest BCUT2D eigenvalue weighted by molar-refractivity contribution is -0.344. The summed E-state index contributed by atoms with van der Waals surface area (Å²) in [7, 11) is 0. The van der Waals surface area contributed by atoms with Gasteiger partial charge < -0.3 is 14.2 Å². The minimum atomic E-state index is -5.58. The molecule has 0 unspecified atom stereocenters. The quantitative estimate of drug-likeness (QED) is 0.245. The average molecular weight is 459 g/mol.